The number of benzene rings is 1. The molecular weight excluding hydrogens is 204 g/mol. The minimum absolute atomic E-state index is 0.0803. The molecule has 0 aliphatic carbocycles. The van der Waals surface area contributed by atoms with Crippen molar-refractivity contribution in [2.45, 2.75) is 0 Å². The number of likely N-dealkylation sites (N-methyl/N-ethyl adjacent to an activating group) is 1. The van der Waals surface area contributed by atoms with Crippen molar-refractivity contribution in [2.24, 2.45) is 0 Å². The molecule has 2 aromatic rings. The number of para-hydroxylation sites is 1. The largest absolute Gasteiger partial charge is 0.506 e. The van der Waals surface area contributed by atoms with Crippen LogP contribution in [-0.2, 0) is 0 Å². The molecule has 4 nitrogen and oxygen atoms in total. The number of hydrogen-bond acceptors (Lipinski definition) is 4. The van der Waals surface area contributed by atoms with Gasteiger partial charge in [-0.1, -0.05) is 12.1 Å². The maximum Gasteiger partial charge on any atom is 0.141 e. The smallest absolute Gasteiger partial charge is 0.141 e. The monoisotopic (exact) mass is 218 g/mol. The van der Waals surface area contributed by atoms with E-state index in [1.165, 1.54) is 0 Å². The van der Waals surface area contributed by atoms with Gasteiger partial charge in [-0.05, 0) is 18.2 Å². The maximum absolute atomic E-state index is 9.68. The lowest BCUT2D eigenvalue weighted by molar-refractivity contribution is 0.304. The Hall–Kier alpha value is -1.81. The second-order valence-corrected chi connectivity index (χ2v) is 3.66. The first-order chi connectivity index (χ1) is 7.72. The molecule has 1 heterocycles. The van der Waals surface area contributed by atoms with Crippen molar-refractivity contribution in [1.29, 1.82) is 0 Å². The summed E-state index contributed by atoms with van der Waals surface area (Å²) in [7, 11) is 1.85. The van der Waals surface area contributed by atoms with E-state index in [0.29, 0.717) is 12.1 Å². The number of phenolic OH excluding ortho intramolecular Hbond substituents is 1. The normalized spacial score (nSPS) is 10.6. The number of aromatic nitrogens is 1. The first kappa shape index (κ1) is 10.7. The van der Waals surface area contributed by atoms with E-state index in [9.17, 15) is 5.11 Å². The lowest BCUT2D eigenvalue weighted by atomic mass is 10.2. The fraction of sp³-hybridized carbons (Fsp3) is 0.250. The molecule has 2 N–H and O–H groups in total. The van der Waals surface area contributed by atoms with Crippen molar-refractivity contribution in [3.8, 4) is 5.75 Å². The molecule has 0 aliphatic heterocycles. The van der Waals surface area contributed by atoms with Crippen LogP contribution < -0.4 is 4.90 Å². The minimum atomic E-state index is 0.0803. The van der Waals surface area contributed by atoms with Crippen LogP contribution in [0, 0.1) is 0 Å². The van der Waals surface area contributed by atoms with Crippen molar-refractivity contribution in [3.05, 3.63) is 30.3 Å². The molecule has 0 radical (unpaired) electrons. The minimum Gasteiger partial charge on any atom is -0.506 e. The molecule has 0 fully saturated rings. The topological polar surface area (TPSA) is 56.6 Å². The Bertz CT molecular complexity index is 499. The quantitative estimate of drug-likeness (QED) is 0.817. The zero-order chi connectivity index (χ0) is 11.5. The van der Waals surface area contributed by atoms with E-state index >= 15 is 0 Å². The van der Waals surface area contributed by atoms with E-state index in [0.717, 1.165) is 11.2 Å². The van der Waals surface area contributed by atoms with Crippen LogP contribution in [-0.4, -0.2) is 35.4 Å². The molecule has 1 aromatic heterocycles. The Labute approximate surface area is 93.8 Å². The molecular formula is C12H14N2O2. The molecule has 0 saturated carbocycles. The summed E-state index contributed by atoms with van der Waals surface area (Å²) >= 11 is 0. The van der Waals surface area contributed by atoms with Gasteiger partial charge in [0, 0.05) is 19.0 Å². The predicted octanol–water partition coefficient (Wildman–Crippen LogP) is 1.37. The number of anilines is 1. The molecule has 16 heavy (non-hydrogen) atoms. The van der Waals surface area contributed by atoms with Crippen LogP contribution in [0.4, 0.5) is 5.82 Å². The summed E-state index contributed by atoms with van der Waals surface area (Å²) in [6, 6.07) is 9.09. The van der Waals surface area contributed by atoms with E-state index in [2.05, 4.69) is 4.98 Å². The van der Waals surface area contributed by atoms with Gasteiger partial charge in [0.05, 0.1) is 6.61 Å². The van der Waals surface area contributed by atoms with E-state index < -0.39 is 0 Å². The van der Waals surface area contributed by atoms with Gasteiger partial charge >= 0.3 is 0 Å². The molecule has 0 aliphatic rings. The van der Waals surface area contributed by atoms with Gasteiger partial charge in [-0.15, -0.1) is 0 Å². The summed E-state index contributed by atoms with van der Waals surface area (Å²) in [4.78, 5) is 6.20. The van der Waals surface area contributed by atoms with Crippen molar-refractivity contribution >= 4 is 16.7 Å². The molecule has 2 rings (SSSR count). The number of fused-ring (bicyclic) bond motifs is 1. The van der Waals surface area contributed by atoms with Gasteiger partial charge in [-0.2, -0.15) is 0 Å². The highest BCUT2D eigenvalue weighted by Gasteiger charge is 2.05. The number of pyridine rings is 1. The van der Waals surface area contributed by atoms with Gasteiger partial charge in [0.1, 0.15) is 17.1 Å². The average Bonchev–Trinajstić information content (AvgIpc) is 2.29. The summed E-state index contributed by atoms with van der Waals surface area (Å²) in [5, 5.41) is 19.4. The summed E-state index contributed by atoms with van der Waals surface area (Å²) in [6.07, 6.45) is 0. The van der Waals surface area contributed by atoms with Gasteiger partial charge in [-0.25, -0.2) is 4.98 Å². The van der Waals surface area contributed by atoms with Crippen molar-refractivity contribution in [3.63, 3.8) is 0 Å². The van der Waals surface area contributed by atoms with Crippen LogP contribution >= 0.6 is 0 Å². The lowest BCUT2D eigenvalue weighted by Crippen LogP contribution is -2.22. The molecule has 0 bridgehead atoms. The third kappa shape index (κ3) is 1.92. The zero-order valence-corrected chi connectivity index (χ0v) is 9.09. The van der Waals surface area contributed by atoms with Crippen molar-refractivity contribution in [2.75, 3.05) is 25.1 Å². The molecule has 1 aromatic carbocycles. The van der Waals surface area contributed by atoms with Crippen molar-refractivity contribution < 1.29 is 10.2 Å². The number of aliphatic hydroxyl groups excluding tert-OH is 1. The van der Waals surface area contributed by atoms with Crippen LogP contribution in [0.1, 0.15) is 0 Å². The van der Waals surface area contributed by atoms with Gasteiger partial charge in [-0.3, -0.25) is 0 Å². The Morgan fingerprint density at radius 1 is 1.25 bits per heavy atom. The van der Waals surface area contributed by atoms with Gasteiger partial charge in [0.25, 0.3) is 0 Å². The lowest BCUT2D eigenvalue weighted by Gasteiger charge is -2.17. The molecule has 4 heteroatoms. The first-order valence-electron chi connectivity index (χ1n) is 5.13. The summed E-state index contributed by atoms with van der Waals surface area (Å²) in [5.74, 6) is 0.916. The molecule has 0 saturated heterocycles. The standard InChI is InChI=1S/C12H14N2O2/c1-14(7-8-15)11-6-5-9-3-2-4-10(16)12(9)13-11/h2-6,15-16H,7-8H2,1H3. The highest BCUT2D eigenvalue weighted by Crippen LogP contribution is 2.24. The van der Waals surface area contributed by atoms with E-state index in [1.54, 1.807) is 12.1 Å². The van der Waals surface area contributed by atoms with Gasteiger partial charge < -0.3 is 15.1 Å². The van der Waals surface area contributed by atoms with Crippen LogP contribution in [0.25, 0.3) is 10.9 Å². The molecule has 0 atom stereocenters. The summed E-state index contributed by atoms with van der Waals surface area (Å²) < 4.78 is 0. The number of aliphatic hydroxyl groups is 1. The van der Waals surface area contributed by atoms with Crippen LogP contribution in [0.3, 0.4) is 0 Å². The second kappa shape index (κ2) is 4.37. The number of rotatable bonds is 3. The van der Waals surface area contributed by atoms with E-state index in [1.807, 2.05) is 30.1 Å². The van der Waals surface area contributed by atoms with Crippen LogP contribution in [0.5, 0.6) is 5.75 Å². The number of nitrogens with zero attached hydrogens (tertiary/aromatic N) is 2. The zero-order valence-electron chi connectivity index (χ0n) is 9.09. The highest BCUT2D eigenvalue weighted by molar-refractivity contribution is 5.85. The average molecular weight is 218 g/mol. The Morgan fingerprint density at radius 3 is 2.81 bits per heavy atom. The van der Waals surface area contributed by atoms with Crippen molar-refractivity contribution in [1.82, 2.24) is 4.98 Å². The Morgan fingerprint density at radius 2 is 2.06 bits per heavy atom. The molecule has 84 valence electrons. The fourth-order valence-corrected chi connectivity index (χ4v) is 1.60. The summed E-state index contributed by atoms with van der Waals surface area (Å²) in [5.41, 5.74) is 0.588. The van der Waals surface area contributed by atoms with E-state index in [-0.39, 0.29) is 12.4 Å². The third-order valence-corrected chi connectivity index (χ3v) is 2.51. The number of hydrogen-bond donors (Lipinski definition) is 2. The van der Waals surface area contributed by atoms with Crippen LogP contribution in [0.2, 0.25) is 0 Å². The Balaban J connectivity index is 2.46. The Kier molecular flexibility index (Phi) is 2.92. The summed E-state index contributed by atoms with van der Waals surface area (Å²) in [6.45, 7) is 0.600. The predicted molar refractivity (Wildman–Crippen MR) is 63.8 cm³/mol. The first-order valence-corrected chi connectivity index (χ1v) is 5.13. The third-order valence-electron chi connectivity index (χ3n) is 2.51. The molecule has 0 spiro atoms. The highest BCUT2D eigenvalue weighted by atomic mass is 16.3. The second-order valence-electron chi connectivity index (χ2n) is 3.66. The van der Waals surface area contributed by atoms with Crippen LogP contribution in [0.15, 0.2) is 30.3 Å². The molecule has 0 unspecified atom stereocenters. The molecule has 0 amide bonds. The fourth-order valence-electron chi connectivity index (χ4n) is 1.60. The number of phenols is 1. The SMILES string of the molecule is CN(CCO)c1ccc2cccc(O)c2n1. The van der Waals surface area contributed by atoms with Gasteiger partial charge in [0.2, 0.25) is 0 Å². The van der Waals surface area contributed by atoms with Gasteiger partial charge in [0.15, 0.2) is 0 Å². The van der Waals surface area contributed by atoms with E-state index in [4.69, 9.17) is 5.11 Å². The number of aromatic hydroxyl groups is 1. The maximum atomic E-state index is 9.68.